The monoisotopic (exact) mass is 299 g/mol. The van der Waals surface area contributed by atoms with Gasteiger partial charge in [-0.15, -0.1) is 0 Å². The number of benzene rings is 2. The maximum Gasteiger partial charge on any atom is 0.251 e. The zero-order valence-electron chi connectivity index (χ0n) is 12.8. The predicted octanol–water partition coefficient (Wildman–Crippen LogP) is 3.16. The maximum atomic E-state index is 11.8. The fraction of sp³-hybridized carbons (Fsp3) is 0.235. The van der Waals surface area contributed by atoms with Gasteiger partial charge in [-0.25, -0.2) is 0 Å². The van der Waals surface area contributed by atoms with E-state index in [0.29, 0.717) is 24.4 Å². The van der Waals surface area contributed by atoms with Crippen LogP contribution in [-0.2, 0) is 0 Å². The van der Waals surface area contributed by atoms with Gasteiger partial charge in [0, 0.05) is 12.1 Å². The van der Waals surface area contributed by atoms with Crippen LogP contribution in [0.15, 0.2) is 42.5 Å². The second-order valence-electron chi connectivity index (χ2n) is 4.72. The van der Waals surface area contributed by atoms with Crippen molar-refractivity contribution in [1.29, 1.82) is 0 Å². The van der Waals surface area contributed by atoms with Crippen molar-refractivity contribution in [2.24, 2.45) is 0 Å². The highest BCUT2D eigenvalue weighted by molar-refractivity contribution is 5.96. The fourth-order valence-corrected chi connectivity index (χ4v) is 2.08. The molecule has 0 aliphatic carbocycles. The Bertz CT molecular complexity index is 656. The van der Waals surface area contributed by atoms with E-state index in [1.807, 2.05) is 38.1 Å². The third-order valence-corrected chi connectivity index (χ3v) is 3.11. The Morgan fingerprint density at radius 3 is 2.59 bits per heavy atom. The molecular weight excluding hydrogens is 278 g/mol. The van der Waals surface area contributed by atoms with E-state index in [-0.39, 0.29) is 5.91 Å². The third kappa shape index (κ3) is 3.69. The largest absolute Gasteiger partial charge is 0.492 e. The van der Waals surface area contributed by atoms with E-state index in [1.54, 1.807) is 18.2 Å². The first-order chi connectivity index (χ1) is 10.7. The van der Waals surface area contributed by atoms with Gasteiger partial charge in [-0.2, -0.15) is 0 Å². The number of anilines is 3. The van der Waals surface area contributed by atoms with Crippen molar-refractivity contribution in [2.45, 2.75) is 13.8 Å². The van der Waals surface area contributed by atoms with Gasteiger partial charge in [0.25, 0.3) is 5.91 Å². The quantitative estimate of drug-likeness (QED) is 0.716. The summed E-state index contributed by atoms with van der Waals surface area (Å²) in [5.74, 6) is 0.632. The number of para-hydroxylation sites is 2. The molecule has 0 heterocycles. The number of amides is 1. The summed E-state index contributed by atoms with van der Waals surface area (Å²) in [5.41, 5.74) is 8.67. The average molecular weight is 299 g/mol. The second-order valence-corrected chi connectivity index (χ2v) is 4.72. The molecule has 4 N–H and O–H groups in total. The molecular formula is C17H21N3O2. The van der Waals surface area contributed by atoms with E-state index in [4.69, 9.17) is 10.5 Å². The third-order valence-electron chi connectivity index (χ3n) is 3.11. The van der Waals surface area contributed by atoms with E-state index in [9.17, 15) is 4.79 Å². The van der Waals surface area contributed by atoms with Crippen LogP contribution in [0.4, 0.5) is 17.1 Å². The van der Waals surface area contributed by atoms with Crippen LogP contribution in [0.5, 0.6) is 5.75 Å². The molecule has 5 heteroatoms. The summed E-state index contributed by atoms with van der Waals surface area (Å²) in [6, 6.07) is 12.8. The summed E-state index contributed by atoms with van der Waals surface area (Å²) in [7, 11) is 0. The van der Waals surface area contributed by atoms with Gasteiger partial charge in [0.2, 0.25) is 0 Å². The molecule has 0 unspecified atom stereocenters. The Labute approximate surface area is 130 Å². The molecule has 0 saturated carbocycles. The maximum absolute atomic E-state index is 11.8. The van der Waals surface area contributed by atoms with Gasteiger partial charge >= 0.3 is 0 Å². The second kappa shape index (κ2) is 7.36. The van der Waals surface area contributed by atoms with Gasteiger partial charge in [0.1, 0.15) is 5.75 Å². The molecule has 22 heavy (non-hydrogen) atoms. The topological polar surface area (TPSA) is 76.4 Å². The Kier molecular flexibility index (Phi) is 5.25. The first-order valence-corrected chi connectivity index (χ1v) is 7.32. The molecule has 1 amide bonds. The van der Waals surface area contributed by atoms with E-state index >= 15 is 0 Å². The van der Waals surface area contributed by atoms with E-state index < -0.39 is 0 Å². The Morgan fingerprint density at radius 2 is 1.91 bits per heavy atom. The van der Waals surface area contributed by atoms with Crippen LogP contribution in [0.25, 0.3) is 0 Å². The standard InChI is InChI=1S/C17H21N3O2/c1-3-19-17(21)12-9-10-14(13(18)11-12)20-15-7-5-6-8-16(15)22-4-2/h5-11,20H,3-4,18H2,1-2H3,(H,19,21). The molecule has 0 saturated heterocycles. The van der Waals surface area contributed by atoms with Crippen LogP contribution in [0, 0.1) is 0 Å². The summed E-state index contributed by atoms with van der Waals surface area (Å²) in [4.78, 5) is 11.8. The van der Waals surface area contributed by atoms with Gasteiger partial charge in [-0.05, 0) is 44.2 Å². The first-order valence-electron chi connectivity index (χ1n) is 7.32. The molecule has 0 aromatic heterocycles. The molecule has 5 nitrogen and oxygen atoms in total. The zero-order chi connectivity index (χ0) is 15.9. The highest BCUT2D eigenvalue weighted by Crippen LogP contribution is 2.30. The van der Waals surface area contributed by atoms with Crippen LogP contribution in [0.1, 0.15) is 24.2 Å². The number of carbonyl (C=O) groups excluding carboxylic acids is 1. The summed E-state index contributed by atoms with van der Waals surface area (Å²) in [6.45, 7) is 4.99. The van der Waals surface area contributed by atoms with Crippen molar-refractivity contribution < 1.29 is 9.53 Å². The molecule has 2 aromatic rings. The number of rotatable bonds is 6. The van der Waals surface area contributed by atoms with Crippen molar-refractivity contribution in [1.82, 2.24) is 5.32 Å². The van der Waals surface area contributed by atoms with Gasteiger partial charge in [0.05, 0.1) is 23.7 Å². The fourth-order valence-electron chi connectivity index (χ4n) is 2.08. The number of hydrogen-bond donors (Lipinski definition) is 3. The van der Waals surface area contributed by atoms with Crippen molar-refractivity contribution in [3.05, 3.63) is 48.0 Å². The lowest BCUT2D eigenvalue weighted by atomic mass is 10.1. The first kappa shape index (κ1) is 15.7. The van der Waals surface area contributed by atoms with Gasteiger partial charge in [-0.3, -0.25) is 4.79 Å². The lowest BCUT2D eigenvalue weighted by molar-refractivity contribution is 0.0956. The van der Waals surface area contributed by atoms with Crippen molar-refractivity contribution in [2.75, 3.05) is 24.2 Å². The number of ether oxygens (including phenoxy) is 1. The lowest BCUT2D eigenvalue weighted by Gasteiger charge is -2.14. The molecule has 0 atom stereocenters. The van der Waals surface area contributed by atoms with Crippen LogP contribution in [-0.4, -0.2) is 19.1 Å². The highest BCUT2D eigenvalue weighted by Gasteiger charge is 2.09. The summed E-state index contributed by atoms with van der Waals surface area (Å²) in [5, 5.41) is 5.99. The van der Waals surface area contributed by atoms with Crippen LogP contribution in [0.3, 0.4) is 0 Å². The van der Waals surface area contributed by atoms with Gasteiger partial charge < -0.3 is 21.1 Å². The minimum absolute atomic E-state index is 0.129. The molecule has 0 bridgehead atoms. The van der Waals surface area contributed by atoms with E-state index in [1.165, 1.54) is 0 Å². The number of nitrogen functional groups attached to an aromatic ring is 1. The SMILES string of the molecule is CCNC(=O)c1ccc(Nc2ccccc2OCC)c(N)c1. The van der Waals surface area contributed by atoms with Crippen molar-refractivity contribution >= 4 is 23.0 Å². The number of hydrogen-bond acceptors (Lipinski definition) is 4. The minimum atomic E-state index is -0.129. The highest BCUT2D eigenvalue weighted by atomic mass is 16.5. The Morgan fingerprint density at radius 1 is 1.14 bits per heavy atom. The smallest absolute Gasteiger partial charge is 0.251 e. The van der Waals surface area contributed by atoms with Crippen LogP contribution >= 0.6 is 0 Å². The van der Waals surface area contributed by atoms with Gasteiger partial charge in [0.15, 0.2) is 0 Å². The van der Waals surface area contributed by atoms with Crippen LogP contribution < -0.4 is 21.1 Å². The van der Waals surface area contributed by atoms with Crippen molar-refractivity contribution in [3.8, 4) is 5.75 Å². The van der Waals surface area contributed by atoms with Crippen LogP contribution in [0.2, 0.25) is 0 Å². The number of nitrogens with two attached hydrogens (primary N) is 1. The lowest BCUT2D eigenvalue weighted by Crippen LogP contribution is -2.22. The van der Waals surface area contributed by atoms with E-state index in [2.05, 4.69) is 10.6 Å². The average Bonchev–Trinajstić information content (AvgIpc) is 2.51. The molecule has 2 rings (SSSR count). The zero-order valence-corrected chi connectivity index (χ0v) is 12.8. The van der Waals surface area contributed by atoms with E-state index in [0.717, 1.165) is 17.1 Å². The Balaban J connectivity index is 2.22. The molecule has 116 valence electrons. The number of nitrogens with one attached hydrogen (secondary N) is 2. The number of carbonyl (C=O) groups is 1. The predicted molar refractivity (Wildman–Crippen MR) is 89.8 cm³/mol. The normalized spacial score (nSPS) is 10.1. The molecule has 0 radical (unpaired) electrons. The molecule has 0 fully saturated rings. The summed E-state index contributed by atoms with van der Waals surface area (Å²) < 4.78 is 5.58. The minimum Gasteiger partial charge on any atom is -0.492 e. The summed E-state index contributed by atoms with van der Waals surface area (Å²) in [6.07, 6.45) is 0. The molecule has 0 spiro atoms. The molecule has 0 aliphatic rings. The summed E-state index contributed by atoms with van der Waals surface area (Å²) >= 11 is 0. The molecule has 2 aromatic carbocycles. The Hall–Kier alpha value is -2.69. The van der Waals surface area contributed by atoms with Crippen molar-refractivity contribution in [3.63, 3.8) is 0 Å². The molecule has 0 aliphatic heterocycles. The van der Waals surface area contributed by atoms with Gasteiger partial charge in [-0.1, -0.05) is 12.1 Å².